The number of nitrogens with two attached hydrogens (primary N) is 1. The highest BCUT2D eigenvalue weighted by Gasteiger charge is 2.07. The Hall–Kier alpha value is -2.82. The number of nitrogens with zero attached hydrogens (tertiary/aromatic N) is 1. The Morgan fingerprint density at radius 2 is 1.80 bits per heavy atom. The first-order valence-corrected chi connectivity index (χ1v) is 8.29. The largest absolute Gasteiger partial charge is 0.382 e. The second kappa shape index (κ2) is 7.83. The van der Waals surface area contributed by atoms with Gasteiger partial charge in [0.1, 0.15) is 11.6 Å². The van der Waals surface area contributed by atoms with E-state index in [1.165, 1.54) is 28.3 Å². The Bertz CT molecular complexity index is 797. The van der Waals surface area contributed by atoms with E-state index in [2.05, 4.69) is 48.5 Å². The van der Waals surface area contributed by atoms with Gasteiger partial charge >= 0.3 is 0 Å². The molecule has 132 valence electrons. The molecule has 2 rings (SSSR count). The van der Waals surface area contributed by atoms with Crippen LogP contribution in [0.25, 0.3) is 0 Å². The van der Waals surface area contributed by atoms with E-state index in [0.717, 1.165) is 5.57 Å². The third kappa shape index (κ3) is 5.08. The number of benzene rings is 1. The van der Waals surface area contributed by atoms with Gasteiger partial charge in [0.15, 0.2) is 0 Å². The summed E-state index contributed by atoms with van der Waals surface area (Å²) in [5.74, 6) is 0.759. The molecule has 0 aliphatic carbocycles. The summed E-state index contributed by atoms with van der Waals surface area (Å²) in [5.41, 5.74) is 12.4. The highest BCUT2D eigenvalue weighted by atomic mass is 16.1. The summed E-state index contributed by atoms with van der Waals surface area (Å²) in [5, 5.41) is 6.04. The molecule has 4 N–H and O–H groups in total. The van der Waals surface area contributed by atoms with E-state index < -0.39 is 0 Å². The van der Waals surface area contributed by atoms with E-state index in [4.69, 9.17) is 5.73 Å². The fraction of sp³-hybridized carbons (Fsp3) is 0.300. The maximum atomic E-state index is 11.8. The van der Waals surface area contributed by atoms with Crippen LogP contribution in [0.3, 0.4) is 0 Å². The first kappa shape index (κ1) is 18.5. The molecule has 0 aliphatic heterocycles. The molecule has 5 heteroatoms. The van der Waals surface area contributed by atoms with E-state index in [1.54, 1.807) is 6.07 Å². The first-order chi connectivity index (χ1) is 11.8. The lowest BCUT2D eigenvalue weighted by Crippen LogP contribution is -2.12. The summed E-state index contributed by atoms with van der Waals surface area (Å²) in [7, 11) is 0. The van der Waals surface area contributed by atoms with Crippen LogP contribution < -0.4 is 16.4 Å². The summed E-state index contributed by atoms with van der Waals surface area (Å²) >= 11 is 0. The summed E-state index contributed by atoms with van der Waals surface area (Å²) in [6.07, 6.45) is 1.52. The third-order valence-corrected chi connectivity index (χ3v) is 3.89. The van der Waals surface area contributed by atoms with Gasteiger partial charge in [0.25, 0.3) is 0 Å². The Kier molecular flexibility index (Phi) is 5.80. The van der Waals surface area contributed by atoms with Crippen LogP contribution >= 0.6 is 0 Å². The maximum absolute atomic E-state index is 11.8. The van der Waals surface area contributed by atoms with Crippen LogP contribution in [0.2, 0.25) is 0 Å². The number of allylic oxidation sites excluding steroid dienone is 1. The second-order valence-corrected chi connectivity index (χ2v) is 6.57. The normalized spacial score (nSPS) is 10.3. The number of hydrogen-bond donors (Lipinski definition) is 3. The zero-order valence-corrected chi connectivity index (χ0v) is 15.5. The van der Waals surface area contributed by atoms with Gasteiger partial charge in [-0.25, -0.2) is 4.98 Å². The molecule has 2 aromatic rings. The predicted octanol–water partition coefficient (Wildman–Crippen LogP) is 4.11. The highest BCUT2D eigenvalue weighted by molar-refractivity contribution is 6.01. The van der Waals surface area contributed by atoms with Crippen LogP contribution in [0.15, 0.2) is 35.9 Å². The molecule has 1 heterocycles. The van der Waals surface area contributed by atoms with E-state index in [-0.39, 0.29) is 11.7 Å². The molecular weight excluding hydrogens is 312 g/mol. The first-order valence-electron chi connectivity index (χ1n) is 8.29. The molecule has 0 radical (unpaired) electrons. The number of carbonyl (C=O) groups is 1. The van der Waals surface area contributed by atoms with Gasteiger partial charge in [-0.05, 0) is 63.4 Å². The minimum absolute atomic E-state index is 0.208. The zero-order valence-electron chi connectivity index (χ0n) is 15.5. The number of carbonyl (C=O) groups excluding carboxylic acids is 1. The highest BCUT2D eigenvalue weighted by Crippen LogP contribution is 2.21. The molecule has 1 aromatic carbocycles. The van der Waals surface area contributed by atoms with Gasteiger partial charge in [-0.3, -0.25) is 4.79 Å². The van der Waals surface area contributed by atoms with Gasteiger partial charge in [-0.2, -0.15) is 0 Å². The van der Waals surface area contributed by atoms with Gasteiger partial charge in [-0.1, -0.05) is 23.3 Å². The van der Waals surface area contributed by atoms with Crippen molar-refractivity contribution in [1.29, 1.82) is 0 Å². The standard InChI is InChI=1S/C20H26N4O/c1-12(2)8-19(25)23-17-6-7-18(24-20(17)21)22-11-16-14(4)9-13(3)10-15(16)5/h6-10H,11H2,1-5H3,(H,23,25)(H3,21,22,24). The molecule has 1 amide bonds. The molecule has 0 atom stereocenters. The van der Waals surface area contributed by atoms with Crippen molar-refractivity contribution in [2.24, 2.45) is 0 Å². The van der Waals surface area contributed by atoms with Gasteiger partial charge in [0, 0.05) is 12.6 Å². The fourth-order valence-electron chi connectivity index (χ4n) is 2.78. The Morgan fingerprint density at radius 3 is 2.36 bits per heavy atom. The topological polar surface area (TPSA) is 80.0 Å². The summed E-state index contributed by atoms with van der Waals surface area (Å²) in [4.78, 5) is 16.1. The Morgan fingerprint density at radius 1 is 1.16 bits per heavy atom. The zero-order chi connectivity index (χ0) is 18.6. The average molecular weight is 338 g/mol. The van der Waals surface area contributed by atoms with E-state index in [0.29, 0.717) is 18.1 Å². The molecule has 25 heavy (non-hydrogen) atoms. The number of aryl methyl sites for hydroxylation is 3. The van der Waals surface area contributed by atoms with Crippen LogP contribution in [-0.4, -0.2) is 10.9 Å². The second-order valence-electron chi connectivity index (χ2n) is 6.57. The molecule has 5 nitrogen and oxygen atoms in total. The fourth-order valence-corrected chi connectivity index (χ4v) is 2.78. The van der Waals surface area contributed by atoms with Crippen LogP contribution in [0, 0.1) is 20.8 Å². The number of hydrogen-bond acceptors (Lipinski definition) is 4. The van der Waals surface area contributed by atoms with Crippen LogP contribution in [0.4, 0.5) is 17.3 Å². The molecule has 0 saturated heterocycles. The van der Waals surface area contributed by atoms with Crippen LogP contribution in [0.1, 0.15) is 36.1 Å². The minimum Gasteiger partial charge on any atom is -0.382 e. The molecule has 0 fully saturated rings. The summed E-state index contributed by atoms with van der Waals surface area (Å²) in [6.45, 7) is 10.7. The molecule has 0 aliphatic rings. The van der Waals surface area contributed by atoms with Crippen molar-refractivity contribution in [2.75, 3.05) is 16.4 Å². The molecular formula is C20H26N4O. The van der Waals surface area contributed by atoms with Crippen molar-refractivity contribution in [1.82, 2.24) is 4.98 Å². The lowest BCUT2D eigenvalue weighted by molar-refractivity contribution is -0.111. The lowest BCUT2D eigenvalue weighted by atomic mass is 10.00. The van der Waals surface area contributed by atoms with Crippen LogP contribution in [0.5, 0.6) is 0 Å². The van der Waals surface area contributed by atoms with Crippen molar-refractivity contribution in [3.05, 3.63) is 58.2 Å². The van der Waals surface area contributed by atoms with Crippen molar-refractivity contribution < 1.29 is 4.79 Å². The van der Waals surface area contributed by atoms with Gasteiger partial charge in [0.05, 0.1) is 5.69 Å². The van der Waals surface area contributed by atoms with E-state index >= 15 is 0 Å². The smallest absolute Gasteiger partial charge is 0.248 e. The van der Waals surface area contributed by atoms with Crippen molar-refractivity contribution in [3.63, 3.8) is 0 Å². The Balaban J connectivity index is 2.09. The summed E-state index contributed by atoms with van der Waals surface area (Å²) in [6, 6.07) is 7.92. The van der Waals surface area contributed by atoms with Gasteiger partial charge < -0.3 is 16.4 Å². The summed E-state index contributed by atoms with van der Waals surface area (Å²) < 4.78 is 0. The molecule has 0 bridgehead atoms. The predicted molar refractivity (Wildman–Crippen MR) is 105 cm³/mol. The number of anilines is 3. The number of pyridine rings is 1. The van der Waals surface area contributed by atoms with Gasteiger partial charge in [0.2, 0.25) is 5.91 Å². The molecule has 1 aromatic heterocycles. The van der Waals surface area contributed by atoms with E-state index in [1.807, 2.05) is 19.9 Å². The quantitative estimate of drug-likeness (QED) is 0.717. The molecule has 0 unspecified atom stereocenters. The van der Waals surface area contributed by atoms with E-state index in [9.17, 15) is 4.79 Å². The van der Waals surface area contributed by atoms with Crippen LogP contribution in [-0.2, 0) is 11.3 Å². The lowest BCUT2D eigenvalue weighted by Gasteiger charge is -2.14. The number of amides is 1. The van der Waals surface area contributed by atoms with Crippen molar-refractivity contribution >= 4 is 23.2 Å². The van der Waals surface area contributed by atoms with Gasteiger partial charge in [-0.15, -0.1) is 0 Å². The SMILES string of the molecule is CC(C)=CC(=O)Nc1ccc(NCc2c(C)cc(C)cc2C)nc1N. The Labute approximate surface area is 149 Å². The van der Waals surface area contributed by atoms with Crippen molar-refractivity contribution in [3.8, 4) is 0 Å². The molecule has 0 saturated carbocycles. The maximum Gasteiger partial charge on any atom is 0.248 e. The monoisotopic (exact) mass is 338 g/mol. The average Bonchev–Trinajstić information content (AvgIpc) is 2.48. The minimum atomic E-state index is -0.208. The number of nitrogen functional groups attached to an aromatic ring is 1. The number of aromatic nitrogens is 1. The third-order valence-electron chi connectivity index (χ3n) is 3.89. The number of nitrogens with one attached hydrogen (secondary N) is 2. The number of rotatable bonds is 5. The van der Waals surface area contributed by atoms with Crippen molar-refractivity contribution in [2.45, 2.75) is 41.2 Å². The molecule has 0 spiro atoms.